The summed E-state index contributed by atoms with van der Waals surface area (Å²) in [6, 6.07) is 7.35. The molecule has 0 radical (unpaired) electrons. The molecule has 0 aliphatic carbocycles. The first-order valence-electron chi connectivity index (χ1n) is 12.9. The number of hydrogen-bond acceptors (Lipinski definition) is 6. The van der Waals surface area contributed by atoms with Crippen LogP contribution >= 0.6 is 11.6 Å². The van der Waals surface area contributed by atoms with Crippen molar-refractivity contribution in [1.29, 1.82) is 0 Å². The van der Waals surface area contributed by atoms with E-state index in [9.17, 15) is 22.4 Å². The van der Waals surface area contributed by atoms with Crippen LogP contribution in [0, 0.1) is 17.7 Å². The number of hydrogen-bond donors (Lipinski definition) is 3. The van der Waals surface area contributed by atoms with Gasteiger partial charge in [0.1, 0.15) is 11.9 Å². The van der Waals surface area contributed by atoms with E-state index < -0.39 is 39.1 Å². The Kier molecular flexibility index (Phi) is 8.95. The van der Waals surface area contributed by atoms with E-state index in [1.807, 2.05) is 0 Å². The van der Waals surface area contributed by atoms with E-state index in [1.165, 1.54) is 12.5 Å². The second-order valence-corrected chi connectivity index (χ2v) is 13.1. The van der Waals surface area contributed by atoms with Crippen LogP contribution in [0.2, 0.25) is 5.02 Å². The lowest BCUT2D eigenvalue weighted by Crippen LogP contribution is -2.43. The number of sulfone groups is 1. The zero-order valence-corrected chi connectivity index (χ0v) is 23.2. The van der Waals surface area contributed by atoms with Gasteiger partial charge in [-0.3, -0.25) is 9.59 Å². The predicted octanol–water partition coefficient (Wildman–Crippen LogP) is 3.92. The van der Waals surface area contributed by atoms with Crippen molar-refractivity contribution in [2.45, 2.75) is 38.5 Å². The minimum Gasteiger partial charge on any atom is -0.371 e. The van der Waals surface area contributed by atoms with Crippen LogP contribution in [0.1, 0.15) is 42.6 Å². The van der Waals surface area contributed by atoms with Gasteiger partial charge in [0.15, 0.2) is 9.84 Å². The Morgan fingerprint density at radius 3 is 2.58 bits per heavy atom. The highest BCUT2D eigenvalue weighted by atomic mass is 35.5. The molecule has 2 aliphatic rings. The maximum Gasteiger partial charge on any atom is 0.251 e. The summed E-state index contributed by atoms with van der Waals surface area (Å²) in [6.45, 7) is 8.24. The zero-order chi connectivity index (χ0) is 27.4. The Morgan fingerprint density at radius 2 is 1.87 bits per heavy atom. The standard InChI is InChI=1S/C27H34ClFN4O4S/c1-17-10-18(2)14-33(13-17)9-3-8-30-26(34)19-5-7-23-24(11-19)32-27(35)25(31-23)16-38(36,37)15-20-4-6-21(29)12-22(20)28/h4-7,11-12,17-18,25,31H,3,8-10,13-16H2,1-2H3,(H,30,34)(H,32,35)/t17-,18+,25-/m0/s1. The Bertz CT molecular complexity index is 1300. The Hall–Kier alpha value is -2.69. The van der Waals surface area contributed by atoms with Gasteiger partial charge in [-0.2, -0.15) is 0 Å². The zero-order valence-electron chi connectivity index (χ0n) is 21.6. The summed E-state index contributed by atoms with van der Waals surface area (Å²) in [4.78, 5) is 27.8. The first-order valence-corrected chi connectivity index (χ1v) is 15.1. The average Bonchev–Trinajstić information content (AvgIpc) is 2.83. The van der Waals surface area contributed by atoms with E-state index in [0.29, 0.717) is 35.3 Å². The maximum absolute atomic E-state index is 13.3. The molecule has 1 saturated heterocycles. The van der Waals surface area contributed by atoms with Crippen LogP contribution in [-0.4, -0.2) is 63.1 Å². The molecule has 0 aromatic heterocycles. The van der Waals surface area contributed by atoms with Gasteiger partial charge in [-0.05, 0) is 67.1 Å². The van der Waals surface area contributed by atoms with Crippen LogP contribution in [0.5, 0.6) is 0 Å². The highest BCUT2D eigenvalue weighted by molar-refractivity contribution is 7.90. The number of fused-ring (bicyclic) bond motifs is 1. The number of benzene rings is 2. The van der Waals surface area contributed by atoms with Crippen LogP contribution in [0.15, 0.2) is 36.4 Å². The minimum absolute atomic E-state index is 0.0153. The number of rotatable bonds is 9. The van der Waals surface area contributed by atoms with Gasteiger partial charge < -0.3 is 20.9 Å². The molecule has 1 fully saturated rings. The lowest BCUT2D eigenvalue weighted by molar-refractivity contribution is -0.116. The average molecular weight is 565 g/mol. The van der Waals surface area contributed by atoms with Crippen molar-refractivity contribution in [2.24, 2.45) is 11.8 Å². The summed E-state index contributed by atoms with van der Waals surface area (Å²) >= 11 is 5.97. The molecule has 2 aliphatic heterocycles. The van der Waals surface area contributed by atoms with Crippen LogP contribution in [0.3, 0.4) is 0 Å². The summed E-state index contributed by atoms with van der Waals surface area (Å²) < 4.78 is 38.7. The number of amides is 2. The molecule has 3 atom stereocenters. The summed E-state index contributed by atoms with van der Waals surface area (Å²) in [7, 11) is -3.75. The minimum atomic E-state index is -3.75. The molecule has 0 spiro atoms. The Morgan fingerprint density at radius 1 is 1.13 bits per heavy atom. The SMILES string of the molecule is C[C@@H]1C[C@H](C)CN(CCCNC(=O)c2ccc3c(c2)NC(=O)[C@H](CS(=O)(=O)Cc2ccc(F)cc2Cl)N3)C1. The van der Waals surface area contributed by atoms with Crippen molar-refractivity contribution < 1.29 is 22.4 Å². The molecule has 2 heterocycles. The number of anilines is 2. The number of nitrogens with zero attached hydrogens (tertiary/aromatic N) is 1. The van der Waals surface area contributed by atoms with Gasteiger partial charge in [0.25, 0.3) is 5.91 Å². The van der Waals surface area contributed by atoms with Gasteiger partial charge in [-0.1, -0.05) is 31.5 Å². The first-order chi connectivity index (χ1) is 18.0. The molecule has 3 N–H and O–H groups in total. The fraction of sp³-hybridized carbons (Fsp3) is 0.481. The van der Waals surface area contributed by atoms with E-state index in [1.54, 1.807) is 18.2 Å². The molecular formula is C27H34ClFN4O4S. The molecule has 0 saturated carbocycles. The molecule has 2 amide bonds. The van der Waals surface area contributed by atoms with Gasteiger partial charge in [0.05, 0.1) is 22.9 Å². The van der Waals surface area contributed by atoms with Crippen molar-refractivity contribution in [1.82, 2.24) is 10.2 Å². The number of carbonyl (C=O) groups is 2. The van der Waals surface area contributed by atoms with E-state index in [2.05, 4.69) is 34.7 Å². The summed E-state index contributed by atoms with van der Waals surface area (Å²) in [5.74, 6) is -0.809. The molecule has 2 aromatic carbocycles. The van der Waals surface area contributed by atoms with Crippen molar-refractivity contribution in [2.75, 3.05) is 42.6 Å². The second-order valence-electron chi connectivity index (χ2n) is 10.6. The van der Waals surface area contributed by atoms with E-state index in [0.717, 1.165) is 38.2 Å². The van der Waals surface area contributed by atoms with Gasteiger partial charge in [0, 0.05) is 30.2 Å². The normalized spacial score (nSPS) is 21.8. The fourth-order valence-electron chi connectivity index (χ4n) is 5.28. The van der Waals surface area contributed by atoms with E-state index >= 15 is 0 Å². The molecule has 11 heteroatoms. The highest BCUT2D eigenvalue weighted by Gasteiger charge is 2.31. The predicted molar refractivity (Wildman–Crippen MR) is 148 cm³/mol. The number of carbonyl (C=O) groups excluding carboxylic acids is 2. The van der Waals surface area contributed by atoms with Gasteiger partial charge >= 0.3 is 0 Å². The smallest absolute Gasteiger partial charge is 0.251 e. The van der Waals surface area contributed by atoms with Gasteiger partial charge in [0.2, 0.25) is 5.91 Å². The van der Waals surface area contributed by atoms with Gasteiger partial charge in [-0.15, -0.1) is 0 Å². The first kappa shape index (κ1) is 28.3. The monoisotopic (exact) mass is 564 g/mol. The molecular weight excluding hydrogens is 531 g/mol. The third kappa shape index (κ3) is 7.45. The van der Waals surface area contributed by atoms with Crippen LogP contribution in [0.25, 0.3) is 0 Å². The summed E-state index contributed by atoms with van der Waals surface area (Å²) in [5, 5.41) is 8.61. The molecule has 0 unspecified atom stereocenters. The van der Waals surface area contributed by atoms with Crippen molar-refractivity contribution >= 4 is 44.6 Å². The summed E-state index contributed by atoms with van der Waals surface area (Å²) in [5.41, 5.74) is 1.60. The Balaban J connectivity index is 1.30. The lowest BCUT2D eigenvalue weighted by atomic mass is 9.92. The topological polar surface area (TPSA) is 108 Å². The maximum atomic E-state index is 13.3. The molecule has 0 bridgehead atoms. The van der Waals surface area contributed by atoms with Gasteiger partial charge in [-0.25, -0.2) is 12.8 Å². The van der Waals surface area contributed by atoms with Crippen LogP contribution in [0.4, 0.5) is 15.8 Å². The summed E-state index contributed by atoms with van der Waals surface area (Å²) in [6.07, 6.45) is 2.12. The highest BCUT2D eigenvalue weighted by Crippen LogP contribution is 2.29. The quantitative estimate of drug-likeness (QED) is 0.398. The Labute approximate surface area is 228 Å². The largest absolute Gasteiger partial charge is 0.371 e. The fourth-order valence-corrected chi connectivity index (χ4v) is 7.17. The molecule has 206 valence electrons. The lowest BCUT2D eigenvalue weighted by Gasteiger charge is -2.34. The third-order valence-corrected chi connectivity index (χ3v) is 8.82. The molecule has 8 nitrogen and oxygen atoms in total. The van der Waals surface area contributed by atoms with Crippen molar-refractivity contribution in [3.05, 3.63) is 58.4 Å². The molecule has 38 heavy (non-hydrogen) atoms. The van der Waals surface area contributed by atoms with E-state index in [4.69, 9.17) is 11.6 Å². The number of likely N-dealkylation sites (tertiary alicyclic amines) is 1. The number of halogens is 2. The van der Waals surface area contributed by atoms with Crippen LogP contribution < -0.4 is 16.0 Å². The van der Waals surface area contributed by atoms with Crippen molar-refractivity contribution in [3.8, 4) is 0 Å². The third-order valence-electron chi connectivity index (χ3n) is 6.88. The second kappa shape index (κ2) is 12.0. The number of nitrogens with one attached hydrogen (secondary N) is 3. The molecule has 4 rings (SSSR count). The van der Waals surface area contributed by atoms with E-state index in [-0.39, 0.29) is 16.5 Å². The van der Waals surface area contributed by atoms with Crippen molar-refractivity contribution in [3.63, 3.8) is 0 Å². The van der Waals surface area contributed by atoms with Crippen LogP contribution in [-0.2, 0) is 20.4 Å². The molecule has 2 aromatic rings. The number of piperidine rings is 1.